The van der Waals surface area contributed by atoms with Crippen LogP contribution in [-0.4, -0.2) is 125 Å². The van der Waals surface area contributed by atoms with E-state index in [9.17, 15) is 33.9 Å². The first-order valence-corrected chi connectivity index (χ1v) is 15.5. The van der Waals surface area contributed by atoms with Gasteiger partial charge >= 0.3 is 5.97 Å². The number of nitrogens with one attached hydrogen (secondary N) is 2. The third-order valence-corrected chi connectivity index (χ3v) is 8.77. The number of carbonyl (C=O) groups is 6. The lowest BCUT2D eigenvalue weighted by molar-refractivity contribution is -0.163. The number of nitrogens with zero attached hydrogens (tertiary/aromatic N) is 3. The van der Waals surface area contributed by atoms with Crippen LogP contribution in [0.1, 0.15) is 66.7 Å². The van der Waals surface area contributed by atoms with E-state index >= 15 is 0 Å². The molecule has 2 aliphatic rings. The summed E-state index contributed by atoms with van der Waals surface area (Å²) in [6, 6.07) is -3.77. The summed E-state index contributed by atoms with van der Waals surface area (Å²) < 4.78 is 5.44. The zero-order valence-electron chi connectivity index (χ0n) is 26.3. The molecule has 14 heteroatoms. The van der Waals surface area contributed by atoms with E-state index in [0.717, 1.165) is 0 Å². The highest BCUT2D eigenvalue weighted by Crippen LogP contribution is 2.23. The first kappa shape index (κ1) is 36.3. The van der Waals surface area contributed by atoms with Gasteiger partial charge in [0.05, 0.1) is 12.5 Å². The molecule has 2 fully saturated rings. The third-order valence-electron chi connectivity index (χ3n) is 8.41. The highest BCUT2D eigenvalue weighted by molar-refractivity contribution is 6.18. The fourth-order valence-electron chi connectivity index (χ4n) is 5.41. The molecule has 0 unspecified atom stereocenters. The number of amides is 5. The molecule has 244 valence electrons. The van der Waals surface area contributed by atoms with Crippen molar-refractivity contribution in [3.05, 3.63) is 0 Å². The predicted octanol–water partition coefficient (Wildman–Crippen LogP) is 0.260. The number of likely N-dealkylation sites (N-methyl/N-ethyl adjacent to an activating group) is 2. The smallest absolute Gasteiger partial charge is 0.308 e. The molecule has 0 aliphatic carbocycles. The van der Waals surface area contributed by atoms with E-state index in [4.69, 9.17) is 16.3 Å². The number of esters is 1. The fourth-order valence-corrected chi connectivity index (χ4v) is 5.54. The van der Waals surface area contributed by atoms with Crippen LogP contribution in [0, 0.1) is 11.8 Å². The highest BCUT2D eigenvalue weighted by Gasteiger charge is 2.43. The zero-order valence-corrected chi connectivity index (χ0v) is 27.1. The predicted molar refractivity (Wildman–Crippen MR) is 159 cm³/mol. The molecule has 2 saturated heterocycles. The molecular formula is C29H48ClN5O8. The molecule has 2 aliphatic heterocycles. The minimum Gasteiger partial charge on any atom is -0.452 e. The summed E-state index contributed by atoms with van der Waals surface area (Å²) >= 11 is 5.76. The molecule has 13 nitrogen and oxygen atoms in total. The van der Waals surface area contributed by atoms with E-state index in [-0.39, 0.29) is 43.6 Å². The van der Waals surface area contributed by atoms with Gasteiger partial charge in [-0.3, -0.25) is 28.8 Å². The number of fused-ring (bicyclic) bond motifs is 1. The molecule has 5 amide bonds. The summed E-state index contributed by atoms with van der Waals surface area (Å²) in [5.74, 6) is -4.24. The lowest BCUT2D eigenvalue weighted by Crippen LogP contribution is -2.60. The van der Waals surface area contributed by atoms with Crippen LogP contribution in [0.5, 0.6) is 0 Å². The quantitative estimate of drug-likeness (QED) is 0.278. The molecule has 7 atom stereocenters. The molecule has 2 heterocycles. The molecule has 0 radical (unpaired) electrons. The van der Waals surface area contributed by atoms with Gasteiger partial charge in [0.25, 0.3) is 5.91 Å². The van der Waals surface area contributed by atoms with Crippen LogP contribution in [0.25, 0.3) is 0 Å². The minimum absolute atomic E-state index is 0.125. The molecule has 0 spiro atoms. The molecule has 2 rings (SSSR count). The summed E-state index contributed by atoms with van der Waals surface area (Å²) in [6.07, 6.45) is -1.72. The normalized spacial score (nSPS) is 28.9. The maximum atomic E-state index is 13.9. The van der Waals surface area contributed by atoms with E-state index in [1.165, 1.54) is 35.7 Å². The van der Waals surface area contributed by atoms with Crippen molar-refractivity contribution >= 4 is 47.1 Å². The summed E-state index contributed by atoms with van der Waals surface area (Å²) in [5.41, 5.74) is 0. The number of cyclic esters (lactones) is 1. The van der Waals surface area contributed by atoms with Gasteiger partial charge in [-0.15, -0.1) is 11.6 Å². The van der Waals surface area contributed by atoms with Gasteiger partial charge in [-0.2, -0.15) is 0 Å². The largest absolute Gasteiger partial charge is 0.452 e. The van der Waals surface area contributed by atoms with E-state index in [0.29, 0.717) is 19.3 Å². The van der Waals surface area contributed by atoms with Crippen LogP contribution in [-0.2, 0) is 33.5 Å². The number of aliphatic hydroxyl groups is 1. The average Bonchev–Trinajstić information content (AvgIpc) is 3.46. The zero-order chi connectivity index (χ0) is 32.6. The number of aliphatic hydroxyl groups excluding tert-OH is 1. The second-order valence-electron chi connectivity index (χ2n) is 11.9. The Labute approximate surface area is 259 Å². The van der Waals surface area contributed by atoms with Gasteiger partial charge < -0.3 is 35.2 Å². The maximum absolute atomic E-state index is 13.9. The van der Waals surface area contributed by atoms with E-state index < -0.39 is 71.9 Å². The van der Waals surface area contributed by atoms with Gasteiger partial charge in [0.15, 0.2) is 6.10 Å². The molecule has 0 aromatic heterocycles. The van der Waals surface area contributed by atoms with Crippen molar-refractivity contribution in [3.8, 4) is 0 Å². The SMILES string of the molecule is CC[C@@H](C)[C@@H]1NC(=O)[C@@H]2CCCN2C(=O)[C@@H](C[C@@H](O)CCl)OC(=O)CCNC(=O)[C@H](C)N(C)C(=O)[C@H](C(C)C)N(C)C1=O. The first-order chi connectivity index (χ1) is 20.2. The van der Waals surface area contributed by atoms with E-state index in [1.54, 1.807) is 13.8 Å². The Hall–Kier alpha value is -2.93. The van der Waals surface area contributed by atoms with Crippen LogP contribution in [0.2, 0.25) is 0 Å². The van der Waals surface area contributed by atoms with Gasteiger partial charge in [-0.1, -0.05) is 34.1 Å². The van der Waals surface area contributed by atoms with Crippen LogP contribution in [0.4, 0.5) is 0 Å². The molecule has 0 aromatic carbocycles. The van der Waals surface area contributed by atoms with Crippen molar-refractivity contribution < 1.29 is 38.6 Å². The number of halogens is 1. The Morgan fingerprint density at radius 3 is 2.23 bits per heavy atom. The van der Waals surface area contributed by atoms with E-state index in [2.05, 4.69) is 10.6 Å². The minimum atomic E-state index is -1.40. The van der Waals surface area contributed by atoms with Gasteiger partial charge in [0.1, 0.15) is 24.2 Å². The van der Waals surface area contributed by atoms with Gasteiger partial charge in [0, 0.05) is 39.5 Å². The van der Waals surface area contributed by atoms with Crippen molar-refractivity contribution in [2.24, 2.45) is 11.8 Å². The van der Waals surface area contributed by atoms with Crippen molar-refractivity contribution in [3.63, 3.8) is 0 Å². The Morgan fingerprint density at radius 1 is 1.00 bits per heavy atom. The monoisotopic (exact) mass is 629 g/mol. The second kappa shape index (κ2) is 16.2. The van der Waals surface area contributed by atoms with Crippen molar-refractivity contribution in [2.45, 2.75) is 103 Å². The second-order valence-corrected chi connectivity index (χ2v) is 12.2. The fraction of sp³-hybridized carbons (Fsp3) is 0.793. The number of rotatable bonds is 6. The summed E-state index contributed by atoms with van der Waals surface area (Å²) in [5, 5.41) is 15.6. The Balaban J connectivity index is 2.54. The topological polar surface area (TPSA) is 166 Å². The van der Waals surface area contributed by atoms with Crippen molar-refractivity contribution in [2.75, 3.05) is 33.1 Å². The number of hydrogen-bond donors (Lipinski definition) is 3. The standard InChI is InChI=1S/C29H48ClN5O8/c1-8-17(4)23-28(41)34(7)24(16(2)3)29(42)33(6)18(5)25(38)31-12-11-22(37)43-21(14-19(36)15-30)27(40)35-13-9-10-20(35)26(39)32-23/h16-21,23-24,36H,8-15H2,1-7H3,(H,31,38)(H,32,39)/t17-,18+,19-,20+,21-,23+,24+/m1/s1. The van der Waals surface area contributed by atoms with Crippen LogP contribution in [0.3, 0.4) is 0 Å². The Bertz CT molecular complexity index is 1040. The number of hydrogen-bond acceptors (Lipinski definition) is 8. The summed E-state index contributed by atoms with van der Waals surface area (Å²) in [7, 11) is 2.98. The average molecular weight is 630 g/mol. The Kier molecular flexibility index (Phi) is 13.7. The van der Waals surface area contributed by atoms with Crippen LogP contribution < -0.4 is 10.6 Å². The number of ether oxygens (including phenoxy) is 1. The highest BCUT2D eigenvalue weighted by atomic mass is 35.5. The van der Waals surface area contributed by atoms with Crippen LogP contribution >= 0.6 is 11.6 Å². The lowest BCUT2D eigenvalue weighted by atomic mass is 9.94. The molecule has 0 aromatic rings. The van der Waals surface area contributed by atoms with Crippen molar-refractivity contribution in [1.82, 2.24) is 25.3 Å². The molecule has 0 bridgehead atoms. The Morgan fingerprint density at radius 2 is 1.65 bits per heavy atom. The van der Waals surface area contributed by atoms with Crippen molar-refractivity contribution in [1.29, 1.82) is 0 Å². The summed E-state index contributed by atoms with van der Waals surface area (Å²) in [4.78, 5) is 84.3. The van der Waals surface area contributed by atoms with Gasteiger partial charge in [0.2, 0.25) is 23.6 Å². The molecule has 43 heavy (non-hydrogen) atoms. The molecular weight excluding hydrogens is 582 g/mol. The third kappa shape index (κ3) is 9.04. The number of alkyl halides is 1. The molecule has 3 N–H and O–H groups in total. The van der Waals surface area contributed by atoms with E-state index in [1.807, 2.05) is 13.8 Å². The van der Waals surface area contributed by atoms with Gasteiger partial charge in [-0.25, -0.2) is 0 Å². The lowest BCUT2D eigenvalue weighted by Gasteiger charge is -2.38. The maximum Gasteiger partial charge on any atom is 0.308 e. The summed E-state index contributed by atoms with van der Waals surface area (Å²) in [6.45, 7) is 8.91. The molecule has 0 saturated carbocycles. The van der Waals surface area contributed by atoms with Gasteiger partial charge in [-0.05, 0) is 31.6 Å². The van der Waals surface area contributed by atoms with Crippen LogP contribution in [0.15, 0.2) is 0 Å². The number of carbonyl (C=O) groups excluding carboxylic acids is 6. The first-order valence-electron chi connectivity index (χ1n) is 15.0.